The van der Waals surface area contributed by atoms with Crippen LogP contribution in [0.25, 0.3) is 16.9 Å². The van der Waals surface area contributed by atoms with E-state index < -0.39 is 0 Å². The Morgan fingerprint density at radius 2 is 1.95 bits per heavy atom. The van der Waals surface area contributed by atoms with Gasteiger partial charge in [-0.05, 0) is 42.8 Å². The Kier molecular flexibility index (Phi) is 3.39. The zero-order valence-electron chi connectivity index (χ0n) is 11.3. The summed E-state index contributed by atoms with van der Waals surface area (Å²) < 4.78 is 14.8. The Bertz CT molecular complexity index is 811. The normalized spacial score (nSPS) is 10.8. The van der Waals surface area contributed by atoms with Gasteiger partial charge in [-0.1, -0.05) is 23.7 Å². The Morgan fingerprint density at radius 1 is 1.14 bits per heavy atom. The zero-order chi connectivity index (χ0) is 15.0. The first-order chi connectivity index (χ1) is 10.0. The van der Waals surface area contributed by atoms with E-state index in [1.165, 1.54) is 12.1 Å². The summed E-state index contributed by atoms with van der Waals surface area (Å²) in [5.41, 5.74) is 9.15. The summed E-state index contributed by atoms with van der Waals surface area (Å²) in [5.74, 6) is 0.205. The van der Waals surface area contributed by atoms with Gasteiger partial charge in [0.2, 0.25) is 0 Å². The van der Waals surface area contributed by atoms with Crippen molar-refractivity contribution in [3.8, 4) is 16.9 Å². The molecule has 1 heterocycles. The van der Waals surface area contributed by atoms with E-state index in [9.17, 15) is 4.39 Å². The van der Waals surface area contributed by atoms with E-state index in [2.05, 4.69) is 5.10 Å². The molecule has 0 aliphatic carbocycles. The molecule has 0 aliphatic heterocycles. The Morgan fingerprint density at radius 3 is 2.67 bits per heavy atom. The highest BCUT2D eigenvalue weighted by Crippen LogP contribution is 2.26. The minimum atomic E-state index is -0.281. The topological polar surface area (TPSA) is 43.8 Å². The molecule has 3 nitrogen and oxygen atoms in total. The van der Waals surface area contributed by atoms with E-state index in [1.54, 1.807) is 22.9 Å². The molecule has 3 rings (SSSR count). The highest BCUT2D eigenvalue weighted by atomic mass is 35.5. The van der Waals surface area contributed by atoms with Gasteiger partial charge in [0.05, 0.1) is 11.4 Å². The molecule has 3 aromatic rings. The predicted octanol–water partition coefficient (Wildman–Crippen LogP) is 4.22. The summed E-state index contributed by atoms with van der Waals surface area (Å²) >= 11 is 5.99. The average Bonchev–Trinajstić information content (AvgIpc) is 2.81. The van der Waals surface area contributed by atoms with Gasteiger partial charge >= 0.3 is 0 Å². The number of rotatable bonds is 2. The molecular weight excluding hydrogens is 289 g/mol. The monoisotopic (exact) mass is 301 g/mol. The lowest BCUT2D eigenvalue weighted by atomic mass is 10.1. The summed E-state index contributed by atoms with van der Waals surface area (Å²) in [5, 5.41) is 5.13. The molecule has 2 N–H and O–H groups in total. The van der Waals surface area contributed by atoms with Crippen molar-refractivity contribution in [1.82, 2.24) is 9.78 Å². The second kappa shape index (κ2) is 5.22. The maximum atomic E-state index is 13.2. The van der Waals surface area contributed by atoms with Crippen LogP contribution in [0.1, 0.15) is 5.56 Å². The number of aromatic nitrogens is 2. The Labute approximate surface area is 126 Å². The molecule has 0 spiro atoms. The van der Waals surface area contributed by atoms with E-state index in [0.717, 1.165) is 22.5 Å². The number of aryl methyl sites for hydroxylation is 1. The number of nitrogens with zero attached hydrogens (tertiary/aromatic N) is 2. The first kappa shape index (κ1) is 13.6. The molecule has 2 aromatic carbocycles. The van der Waals surface area contributed by atoms with Crippen LogP contribution >= 0.6 is 11.6 Å². The van der Waals surface area contributed by atoms with Gasteiger partial charge in [0, 0.05) is 16.7 Å². The summed E-state index contributed by atoms with van der Waals surface area (Å²) in [7, 11) is 0. The molecule has 0 bridgehead atoms. The predicted molar refractivity (Wildman–Crippen MR) is 83.1 cm³/mol. The van der Waals surface area contributed by atoms with Crippen LogP contribution in [0.15, 0.2) is 48.5 Å². The van der Waals surface area contributed by atoms with Crippen molar-refractivity contribution in [2.45, 2.75) is 6.92 Å². The summed E-state index contributed by atoms with van der Waals surface area (Å²) in [6, 6.07) is 13.7. The molecule has 0 radical (unpaired) electrons. The van der Waals surface area contributed by atoms with Gasteiger partial charge in [0.15, 0.2) is 0 Å². The van der Waals surface area contributed by atoms with E-state index in [1.807, 2.05) is 25.1 Å². The van der Waals surface area contributed by atoms with Crippen molar-refractivity contribution in [3.63, 3.8) is 0 Å². The molecule has 21 heavy (non-hydrogen) atoms. The first-order valence-corrected chi connectivity index (χ1v) is 6.80. The number of halogens is 2. The van der Waals surface area contributed by atoms with Crippen LogP contribution in [-0.2, 0) is 0 Å². The fraction of sp³-hybridized carbons (Fsp3) is 0.0625. The fourth-order valence-electron chi connectivity index (χ4n) is 2.23. The third-order valence-electron chi connectivity index (χ3n) is 3.24. The molecule has 0 aliphatic rings. The van der Waals surface area contributed by atoms with Crippen LogP contribution in [0, 0.1) is 12.7 Å². The van der Waals surface area contributed by atoms with E-state index in [-0.39, 0.29) is 5.82 Å². The molecule has 0 saturated carbocycles. The lowest BCUT2D eigenvalue weighted by Crippen LogP contribution is -2.03. The number of hydrogen-bond donors (Lipinski definition) is 1. The van der Waals surface area contributed by atoms with E-state index in [4.69, 9.17) is 17.3 Å². The minimum absolute atomic E-state index is 0.281. The van der Waals surface area contributed by atoms with Crippen LogP contribution < -0.4 is 5.73 Å². The Balaban J connectivity index is 2.10. The van der Waals surface area contributed by atoms with Gasteiger partial charge in [0.1, 0.15) is 11.6 Å². The van der Waals surface area contributed by atoms with Crippen molar-refractivity contribution in [3.05, 3.63) is 64.9 Å². The second-order valence-corrected chi connectivity index (χ2v) is 5.24. The number of benzene rings is 2. The van der Waals surface area contributed by atoms with Gasteiger partial charge in [-0.3, -0.25) is 0 Å². The SMILES string of the molecule is Cc1cc(F)ccc1-n1nc(-c2cccc(Cl)c2)cc1N. The lowest BCUT2D eigenvalue weighted by Gasteiger charge is -2.07. The van der Waals surface area contributed by atoms with Crippen molar-refractivity contribution in [1.29, 1.82) is 0 Å². The third kappa shape index (κ3) is 2.62. The molecule has 0 amide bonds. The van der Waals surface area contributed by atoms with Crippen LogP contribution in [0.3, 0.4) is 0 Å². The molecule has 5 heteroatoms. The highest BCUT2D eigenvalue weighted by molar-refractivity contribution is 6.30. The second-order valence-electron chi connectivity index (χ2n) is 4.81. The van der Waals surface area contributed by atoms with Gasteiger partial charge < -0.3 is 5.73 Å². The number of nitrogens with two attached hydrogens (primary N) is 1. The Hall–Kier alpha value is -2.33. The molecule has 0 atom stereocenters. The fourth-order valence-corrected chi connectivity index (χ4v) is 2.42. The average molecular weight is 302 g/mol. The van der Waals surface area contributed by atoms with Crippen molar-refractivity contribution >= 4 is 17.4 Å². The van der Waals surface area contributed by atoms with Crippen LogP contribution in [0.5, 0.6) is 0 Å². The third-order valence-corrected chi connectivity index (χ3v) is 3.48. The number of nitrogen functional groups attached to an aromatic ring is 1. The molecule has 0 fully saturated rings. The lowest BCUT2D eigenvalue weighted by molar-refractivity contribution is 0.625. The van der Waals surface area contributed by atoms with Crippen molar-refractivity contribution in [2.75, 3.05) is 5.73 Å². The summed E-state index contributed by atoms with van der Waals surface area (Å²) in [6.07, 6.45) is 0. The molecule has 0 saturated heterocycles. The van der Waals surface area contributed by atoms with E-state index in [0.29, 0.717) is 10.8 Å². The molecular formula is C16H13ClFN3. The standard InChI is InChI=1S/C16H13ClFN3/c1-10-7-13(18)5-6-15(10)21-16(19)9-14(20-21)11-3-2-4-12(17)8-11/h2-9H,19H2,1H3. The highest BCUT2D eigenvalue weighted by Gasteiger charge is 2.11. The smallest absolute Gasteiger partial charge is 0.127 e. The molecule has 0 unspecified atom stereocenters. The van der Waals surface area contributed by atoms with Crippen molar-refractivity contribution in [2.24, 2.45) is 0 Å². The first-order valence-electron chi connectivity index (χ1n) is 6.42. The molecule has 106 valence electrons. The van der Waals surface area contributed by atoms with Gasteiger partial charge in [-0.15, -0.1) is 0 Å². The van der Waals surface area contributed by atoms with Gasteiger partial charge in [-0.2, -0.15) is 5.10 Å². The quantitative estimate of drug-likeness (QED) is 0.770. The molecule has 1 aromatic heterocycles. The van der Waals surface area contributed by atoms with E-state index >= 15 is 0 Å². The summed E-state index contributed by atoms with van der Waals surface area (Å²) in [4.78, 5) is 0. The maximum Gasteiger partial charge on any atom is 0.127 e. The number of hydrogen-bond acceptors (Lipinski definition) is 2. The summed E-state index contributed by atoms with van der Waals surface area (Å²) in [6.45, 7) is 1.82. The minimum Gasteiger partial charge on any atom is -0.384 e. The van der Waals surface area contributed by atoms with Gasteiger partial charge in [-0.25, -0.2) is 9.07 Å². The van der Waals surface area contributed by atoms with Gasteiger partial charge in [0.25, 0.3) is 0 Å². The largest absolute Gasteiger partial charge is 0.384 e. The van der Waals surface area contributed by atoms with Crippen molar-refractivity contribution < 1.29 is 4.39 Å². The zero-order valence-corrected chi connectivity index (χ0v) is 12.1. The van der Waals surface area contributed by atoms with Crippen LogP contribution in [0.4, 0.5) is 10.2 Å². The van der Waals surface area contributed by atoms with Crippen LogP contribution in [0.2, 0.25) is 5.02 Å². The number of anilines is 1. The van der Waals surface area contributed by atoms with Crippen LogP contribution in [-0.4, -0.2) is 9.78 Å². The maximum absolute atomic E-state index is 13.2.